The van der Waals surface area contributed by atoms with E-state index in [2.05, 4.69) is 12.6 Å². The average Bonchev–Trinajstić information content (AvgIpc) is 1.80. The summed E-state index contributed by atoms with van der Waals surface area (Å²) in [4.78, 5) is 0. The predicted octanol–water partition coefficient (Wildman–Crippen LogP) is 2.10. The molecule has 46 valence electrons. The van der Waals surface area contributed by atoms with E-state index in [1.165, 1.54) is 25.7 Å². The number of hydrogen-bond acceptors (Lipinski definition) is 1. The SMILES string of the molecule is SC1CCC2CCC12. The first kappa shape index (κ1) is 5.16. The first-order chi connectivity index (χ1) is 3.88. The van der Waals surface area contributed by atoms with Gasteiger partial charge in [0.1, 0.15) is 0 Å². The van der Waals surface area contributed by atoms with Gasteiger partial charge in [0.25, 0.3) is 0 Å². The van der Waals surface area contributed by atoms with Crippen molar-refractivity contribution in [3.63, 3.8) is 0 Å². The molecule has 0 aliphatic heterocycles. The van der Waals surface area contributed by atoms with E-state index in [0.717, 1.165) is 17.1 Å². The Balaban J connectivity index is 2.05. The zero-order chi connectivity index (χ0) is 5.56. The van der Waals surface area contributed by atoms with E-state index in [9.17, 15) is 0 Å². The molecule has 3 atom stereocenters. The minimum Gasteiger partial charge on any atom is -0.176 e. The fourth-order valence-electron chi connectivity index (χ4n) is 2.06. The standard InChI is InChI=1S/C7H12S/c8-7-4-2-5-1-3-6(5)7/h5-8H,1-4H2. The van der Waals surface area contributed by atoms with Gasteiger partial charge < -0.3 is 0 Å². The Morgan fingerprint density at radius 1 is 1.00 bits per heavy atom. The first-order valence-electron chi connectivity index (χ1n) is 3.56. The third-order valence-electron chi connectivity index (χ3n) is 2.80. The number of hydrogen-bond donors (Lipinski definition) is 1. The molecule has 0 heterocycles. The van der Waals surface area contributed by atoms with Crippen LogP contribution >= 0.6 is 12.6 Å². The molecule has 0 aromatic heterocycles. The third kappa shape index (κ3) is 0.540. The summed E-state index contributed by atoms with van der Waals surface area (Å²) in [7, 11) is 0. The molecule has 2 rings (SSSR count). The zero-order valence-electron chi connectivity index (χ0n) is 5.01. The summed E-state index contributed by atoms with van der Waals surface area (Å²) in [6.45, 7) is 0. The van der Waals surface area contributed by atoms with Crippen molar-refractivity contribution in [3.05, 3.63) is 0 Å². The van der Waals surface area contributed by atoms with Crippen LogP contribution in [0.15, 0.2) is 0 Å². The quantitative estimate of drug-likeness (QED) is 0.475. The lowest BCUT2D eigenvalue weighted by atomic mass is 9.76. The fourth-order valence-corrected chi connectivity index (χ4v) is 2.60. The summed E-state index contributed by atoms with van der Waals surface area (Å²) >= 11 is 4.50. The van der Waals surface area contributed by atoms with Crippen molar-refractivity contribution in [2.75, 3.05) is 0 Å². The lowest BCUT2D eigenvalue weighted by Gasteiger charge is -2.32. The Kier molecular flexibility index (Phi) is 1.07. The molecule has 2 fully saturated rings. The predicted molar refractivity (Wildman–Crippen MR) is 38.2 cm³/mol. The van der Waals surface area contributed by atoms with Crippen molar-refractivity contribution >= 4 is 12.6 Å². The molecular weight excluding hydrogens is 116 g/mol. The van der Waals surface area contributed by atoms with Crippen LogP contribution in [0.25, 0.3) is 0 Å². The van der Waals surface area contributed by atoms with Crippen LogP contribution in [0, 0.1) is 11.8 Å². The molecule has 0 aromatic carbocycles. The minimum absolute atomic E-state index is 0.772. The molecule has 0 spiro atoms. The monoisotopic (exact) mass is 128 g/mol. The van der Waals surface area contributed by atoms with Crippen LogP contribution in [0.5, 0.6) is 0 Å². The minimum atomic E-state index is 0.772. The molecule has 2 aliphatic rings. The molecule has 1 heteroatoms. The van der Waals surface area contributed by atoms with E-state index in [0.29, 0.717) is 0 Å². The largest absolute Gasteiger partial charge is 0.176 e. The van der Waals surface area contributed by atoms with Crippen LogP contribution in [-0.4, -0.2) is 5.25 Å². The lowest BCUT2D eigenvalue weighted by Crippen LogP contribution is -2.24. The molecule has 0 radical (unpaired) electrons. The van der Waals surface area contributed by atoms with Crippen LogP contribution < -0.4 is 0 Å². The molecule has 0 N–H and O–H groups in total. The van der Waals surface area contributed by atoms with Gasteiger partial charge in [-0.25, -0.2) is 0 Å². The Hall–Kier alpha value is 0.350. The van der Waals surface area contributed by atoms with Gasteiger partial charge in [-0.3, -0.25) is 0 Å². The maximum Gasteiger partial charge on any atom is 0.00478 e. The van der Waals surface area contributed by atoms with Gasteiger partial charge in [0.2, 0.25) is 0 Å². The summed E-state index contributed by atoms with van der Waals surface area (Å²) in [5, 5.41) is 0.772. The van der Waals surface area contributed by atoms with Gasteiger partial charge in [0.05, 0.1) is 0 Å². The van der Waals surface area contributed by atoms with E-state index in [1.54, 1.807) is 0 Å². The Bertz CT molecular complexity index is 94.6. The fraction of sp³-hybridized carbons (Fsp3) is 1.00. The maximum absolute atomic E-state index is 4.50. The molecular formula is C7H12S. The molecule has 2 saturated carbocycles. The van der Waals surface area contributed by atoms with Gasteiger partial charge in [0.15, 0.2) is 0 Å². The highest BCUT2D eigenvalue weighted by Crippen LogP contribution is 2.48. The molecule has 8 heavy (non-hydrogen) atoms. The van der Waals surface area contributed by atoms with Gasteiger partial charge in [0, 0.05) is 5.25 Å². The van der Waals surface area contributed by atoms with Crippen molar-refractivity contribution in [1.29, 1.82) is 0 Å². The highest BCUT2D eigenvalue weighted by Gasteiger charge is 2.40. The highest BCUT2D eigenvalue weighted by molar-refractivity contribution is 7.81. The van der Waals surface area contributed by atoms with Crippen molar-refractivity contribution in [2.45, 2.75) is 30.9 Å². The normalized spacial score (nSPS) is 52.9. The van der Waals surface area contributed by atoms with Crippen LogP contribution in [0.3, 0.4) is 0 Å². The smallest absolute Gasteiger partial charge is 0.00478 e. The van der Waals surface area contributed by atoms with Crippen molar-refractivity contribution in [1.82, 2.24) is 0 Å². The number of fused-ring (bicyclic) bond motifs is 1. The second-order valence-corrected chi connectivity index (χ2v) is 3.81. The molecule has 0 amide bonds. The van der Waals surface area contributed by atoms with E-state index < -0.39 is 0 Å². The van der Waals surface area contributed by atoms with Gasteiger partial charge in [-0.05, 0) is 37.5 Å². The summed E-state index contributed by atoms with van der Waals surface area (Å²) in [5.41, 5.74) is 0. The molecule has 0 saturated heterocycles. The number of rotatable bonds is 0. The highest BCUT2D eigenvalue weighted by atomic mass is 32.1. The summed E-state index contributed by atoms with van der Waals surface area (Å²) in [6.07, 6.45) is 5.83. The van der Waals surface area contributed by atoms with E-state index in [-0.39, 0.29) is 0 Å². The summed E-state index contributed by atoms with van der Waals surface area (Å²) in [5.74, 6) is 2.12. The van der Waals surface area contributed by atoms with Crippen LogP contribution in [-0.2, 0) is 0 Å². The molecule has 0 nitrogen and oxygen atoms in total. The van der Waals surface area contributed by atoms with Crippen LogP contribution in [0.4, 0.5) is 0 Å². The Morgan fingerprint density at radius 3 is 2.00 bits per heavy atom. The first-order valence-corrected chi connectivity index (χ1v) is 4.07. The van der Waals surface area contributed by atoms with E-state index in [1.807, 2.05) is 0 Å². The van der Waals surface area contributed by atoms with Crippen LogP contribution in [0.1, 0.15) is 25.7 Å². The topological polar surface area (TPSA) is 0 Å². The van der Waals surface area contributed by atoms with Crippen LogP contribution in [0.2, 0.25) is 0 Å². The van der Waals surface area contributed by atoms with Gasteiger partial charge in [-0.1, -0.05) is 0 Å². The second kappa shape index (κ2) is 1.66. The second-order valence-electron chi connectivity index (χ2n) is 3.15. The summed E-state index contributed by atoms with van der Waals surface area (Å²) < 4.78 is 0. The van der Waals surface area contributed by atoms with Crippen molar-refractivity contribution in [3.8, 4) is 0 Å². The van der Waals surface area contributed by atoms with Crippen molar-refractivity contribution < 1.29 is 0 Å². The molecule has 2 aliphatic carbocycles. The lowest BCUT2D eigenvalue weighted by molar-refractivity contribution is 0.223. The Morgan fingerprint density at radius 2 is 1.75 bits per heavy atom. The van der Waals surface area contributed by atoms with Gasteiger partial charge in [-0.2, -0.15) is 12.6 Å². The van der Waals surface area contributed by atoms with E-state index >= 15 is 0 Å². The number of thiol groups is 1. The average molecular weight is 128 g/mol. The van der Waals surface area contributed by atoms with Crippen molar-refractivity contribution in [2.24, 2.45) is 11.8 Å². The molecule has 0 bridgehead atoms. The van der Waals surface area contributed by atoms with Gasteiger partial charge >= 0.3 is 0 Å². The Labute approximate surface area is 56.1 Å². The zero-order valence-corrected chi connectivity index (χ0v) is 5.90. The molecule has 0 aromatic rings. The molecule has 3 unspecified atom stereocenters. The third-order valence-corrected chi connectivity index (χ3v) is 3.44. The van der Waals surface area contributed by atoms with Gasteiger partial charge in [-0.15, -0.1) is 0 Å². The summed E-state index contributed by atoms with van der Waals surface area (Å²) in [6, 6.07) is 0. The maximum atomic E-state index is 4.50. The van der Waals surface area contributed by atoms with E-state index in [4.69, 9.17) is 0 Å².